The van der Waals surface area contributed by atoms with Crippen LogP contribution in [0.4, 0.5) is 0 Å². The average Bonchev–Trinajstić information content (AvgIpc) is 2.45. The molecule has 1 saturated heterocycles. The van der Waals surface area contributed by atoms with Crippen LogP contribution in [0.25, 0.3) is 0 Å². The minimum atomic E-state index is -0.826. The molecule has 1 unspecified atom stereocenters. The monoisotopic (exact) mass is 296 g/mol. The first-order valence-electron chi connectivity index (χ1n) is 6.72. The van der Waals surface area contributed by atoms with E-state index in [1.54, 1.807) is 17.0 Å². The second-order valence-electron chi connectivity index (χ2n) is 4.94. The van der Waals surface area contributed by atoms with Crippen molar-refractivity contribution in [2.24, 2.45) is 0 Å². The lowest BCUT2D eigenvalue weighted by atomic mass is 9.97. The van der Waals surface area contributed by atoms with Crippen LogP contribution in [0.15, 0.2) is 18.3 Å². The number of halogens is 1. The third kappa shape index (κ3) is 3.70. The van der Waals surface area contributed by atoms with Crippen LogP contribution in [0.5, 0.6) is 0 Å². The van der Waals surface area contributed by atoms with Gasteiger partial charge in [0.15, 0.2) is 0 Å². The number of piperidine rings is 1. The number of amides is 1. The summed E-state index contributed by atoms with van der Waals surface area (Å²) in [6.45, 7) is 0.660. The SMILES string of the molecule is O=C(O)CCC1CCCCN1C(=O)c1ccc(Cl)cn1. The third-order valence-electron chi connectivity index (χ3n) is 3.53. The molecule has 1 amide bonds. The van der Waals surface area contributed by atoms with Gasteiger partial charge in [0.1, 0.15) is 5.69 Å². The number of carbonyl (C=O) groups excluding carboxylic acids is 1. The zero-order chi connectivity index (χ0) is 14.5. The predicted octanol–water partition coefficient (Wildman–Crippen LogP) is 2.59. The van der Waals surface area contributed by atoms with E-state index in [1.807, 2.05) is 0 Å². The number of aliphatic carboxylic acids is 1. The molecule has 0 spiro atoms. The number of hydrogen-bond acceptors (Lipinski definition) is 3. The van der Waals surface area contributed by atoms with Crippen molar-refractivity contribution in [3.63, 3.8) is 0 Å². The first kappa shape index (κ1) is 14.8. The number of rotatable bonds is 4. The summed E-state index contributed by atoms with van der Waals surface area (Å²) in [4.78, 5) is 28.9. The van der Waals surface area contributed by atoms with Gasteiger partial charge >= 0.3 is 5.97 Å². The fourth-order valence-electron chi connectivity index (χ4n) is 2.51. The van der Waals surface area contributed by atoms with Crippen molar-refractivity contribution < 1.29 is 14.7 Å². The molecule has 6 heteroatoms. The summed E-state index contributed by atoms with van der Waals surface area (Å²) in [7, 11) is 0. The maximum Gasteiger partial charge on any atom is 0.303 e. The first-order valence-corrected chi connectivity index (χ1v) is 7.10. The minimum absolute atomic E-state index is 0.00942. The maximum absolute atomic E-state index is 12.4. The Labute approximate surface area is 122 Å². The standard InChI is InChI=1S/C14H17ClN2O3/c15-10-4-6-12(16-9-10)14(20)17-8-2-1-3-11(17)5-7-13(18)19/h4,6,9,11H,1-3,5,7-8H2,(H,18,19). The van der Waals surface area contributed by atoms with Gasteiger partial charge in [-0.3, -0.25) is 9.59 Å². The molecule has 1 aliphatic heterocycles. The van der Waals surface area contributed by atoms with E-state index in [9.17, 15) is 9.59 Å². The van der Waals surface area contributed by atoms with Crippen LogP contribution in [-0.4, -0.2) is 39.5 Å². The van der Waals surface area contributed by atoms with E-state index in [0.29, 0.717) is 23.7 Å². The summed E-state index contributed by atoms with van der Waals surface area (Å²) in [6.07, 6.45) is 4.86. The van der Waals surface area contributed by atoms with Gasteiger partial charge in [-0.1, -0.05) is 11.6 Å². The van der Waals surface area contributed by atoms with Crippen LogP contribution in [0.1, 0.15) is 42.6 Å². The lowest BCUT2D eigenvalue weighted by Crippen LogP contribution is -2.44. The smallest absolute Gasteiger partial charge is 0.303 e. The summed E-state index contributed by atoms with van der Waals surface area (Å²) < 4.78 is 0. The molecule has 0 radical (unpaired) electrons. The van der Waals surface area contributed by atoms with E-state index < -0.39 is 5.97 Å². The summed E-state index contributed by atoms with van der Waals surface area (Å²) in [5, 5.41) is 9.27. The molecule has 1 fully saturated rings. The van der Waals surface area contributed by atoms with Crippen LogP contribution < -0.4 is 0 Å². The molecule has 2 rings (SSSR count). The molecule has 1 aliphatic rings. The summed E-state index contributed by atoms with van der Waals surface area (Å²) in [5.74, 6) is -0.968. The zero-order valence-corrected chi connectivity index (χ0v) is 11.8. The maximum atomic E-state index is 12.4. The van der Waals surface area contributed by atoms with Crippen LogP contribution >= 0.6 is 11.6 Å². The average molecular weight is 297 g/mol. The second-order valence-corrected chi connectivity index (χ2v) is 5.38. The Bertz CT molecular complexity index is 490. The number of likely N-dealkylation sites (tertiary alicyclic amines) is 1. The molecule has 0 bridgehead atoms. The van der Waals surface area contributed by atoms with Crippen molar-refractivity contribution in [2.45, 2.75) is 38.1 Å². The lowest BCUT2D eigenvalue weighted by molar-refractivity contribution is -0.137. The molecule has 0 aromatic carbocycles. The summed E-state index contributed by atoms with van der Waals surface area (Å²) in [6, 6.07) is 3.23. The van der Waals surface area contributed by atoms with Crippen molar-refractivity contribution in [3.05, 3.63) is 29.0 Å². The fraction of sp³-hybridized carbons (Fsp3) is 0.500. The Balaban J connectivity index is 2.08. The van der Waals surface area contributed by atoms with E-state index in [0.717, 1.165) is 19.3 Å². The number of aromatic nitrogens is 1. The molecule has 1 aromatic heterocycles. The Morgan fingerprint density at radius 1 is 1.40 bits per heavy atom. The van der Waals surface area contributed by atoms with E-state index >= 15 is 0 Å². The predicted molar refractivity (Wildman–Crippen MR) is 74.8 cm³/mol. The minimum Gasteiger partial charge on any atom is -0.481 e. The van der Waals surface area contributed by atoms with Crippen LogP contribution in [-0.2, 0) is 4.79 Å². The van der Waals surface area contributed by atoms with Gasteiger partial charge in [0, 0.05) is 25.2 Å². The molecule has 0 saturated carbocycles. The highest BCUT2D eigenvalue weighted by atomic mass is 35.5. The highest BCUT2D eigenvalue weighted by Gasteiger charge is 2.28. The normalized spacial score (nSPS) is 18.9. The van der Waals surface area contributed by atoms with Crippen molar-refractivity contribution in [2.75, 3.05) is 6.54 Å². The van der Waals surface area contributed by atoms with Crippen molar-refractivity contribution in [1.29, 1.82) is 0 Å². The van der Waals surface area contributed by atoms with Gasteiger partial charge in [-0.2, -0.15) is 0 Å². The topological polar surface area (TPSA) is 70.5 Å². The number of pyridine rings is 1. The number of hydrogen-bond donors (Lipinski definition) is 1. The van der Waals surface area contributed by atoms with E-state index in [4.69, 9.17) is 16.7 Å². The van der Waals surface area contributed by atoms with Gasteiger partial charge in [-0.25, -0.2) is 4.98 Å². The Morgan fingerprint density at radius 3 is 2.85 bits per heavy atom. The molecule has 2 heterocycles. The van der Waals surface area contributed by atoms with Crippen molar-refractivity contribution >= 4 is 23.5 Å². The van der Waals surface area contributed by atoms with Crippen LogP contribution in [0.2, 0.25) is 5.02 Å². The van der Waals surface area contributed by atoms with Gasteiger partial charge in [0.25, 0.3) is 5.91 Å². The van der Waals surface area contributed by atoms with Gasteiger partial charge in [0.2, 0.25) is 0 Å². The van der Waals surface area contributed by atoms with E-state index in [2.05, 4.69) is 4.98 Å². The molecule has 1 atom stereocenters. The highest BCUT2D eigenvalue weighted by Crippen LogP contribution is 2.23. The Hall–Kier alpha value is -1.62. The Kier molecular flexibility index (Phi) is 4.95. The molecule has 1 N–H and O–H groups in total. The molecule has 108 valence electrons. The third-order valence-corrected chi connectivity index (χ3v) is 3.75. The first-order chi connectivity index (χ1) is 9.58. The highest BCUT2D eigenvalue weighted by molar-refractivity contribution is 6.30. The Morgan fingerprint density at radius 2 is 2.20 bits per heavy atom. The van der Waals surface area contributed by atoms with Gasteiger partial charge in [0.05, 0.1) is 5.02 Å². The number of carbonyl (C=O) groups is 2. The summed E-state index contributed by atoms with van der Waals surface area (Å²) in [5.41, 5.74) is 0.358. The van der Waals surface area contributed by atoms with Crippen molar-refractivity contribution in [1.82, 2.24) is 9.88 Å². The molecule has 0 aliphatic carbocycles. The van der Waals surface area contributed by atoms with Gasteiger partial charge < -0.3 is 10.0 Å². The van der Waals surface area contributed by atoms with Crippen molar-refractivity contribution in [3.8, 4) is 0 Å². The lowest BCUT2D eigenvalue weighted by Gasteiger charge is -2.35. The number of nitrogens with zero attached hydrogens (tertiary/aromatic N) is 2. The van der Waals surface area contributed by atoms with E-state index in [1.165, 1.54) is 6.20 Å². The molecular formula is C14H17ClN2O3. The zero-order valence-electron chi connectivity index (χ0n) is 11.1. The van der Waals surface area contributed by atoms with E-state index in [-0.39, 0.29) is 18.4 Å². The molecule has 20 heavy (non-hydrogen) atoms. The van der Waals surface area contributed by atoms with Gasteiger partial charge in [-0.05, 0) is 37.8 Å². The molecule has 5 nitrogen and oxygen atoms in total. The largest absolute Gasteiger partial charge is 0.481 e. The summed E-state index contributed by atoms with van der Waals surface area (Å²) >= 11 is 5.76. The number of carboxylic acid groups (broad SMARTS) is 1. The fourth-order valence-corrected chi connectivity index (χ4v) is 2.62. The quantitative estimate of drug-likeness (QED) is 0.927. The second kappa shape index (κ2) is 6.70. The molecule has 1 aromatic rings. The molecular weight excluding hydrogens is 280 g/mol. The number of carboxylic acids is 1. The van der Waals surface area contributed by atoms with Crippen LogP contribution in [0.3, 0.4) is 0 Å². The van der Waals surface area contributed by atoms with Crippen LogP contribution in [0, 0.1) is 0 Å². The van der Waals surface area contributed by atoms with Gasteiger partial charge in [-0.15, -0.1) is 0 Å².